The quantitative estimate of drug-likeness (QED) is 0.310. The average Bonchev–Trinajstić information content (AvgIpc) is 2.67. The van der Waals surface area contributed by atoms with Crippen LogP contribution in [0.25, 0.3) is 21.7 Å². The Morgan fingerprint density at radius 2 is 1.82 bits per heavy atom. The van der Waals surface area contributed by atoms with Crippen molar-refractivity contribution >= 4 is 56.8 Å². The van der Waals surface area contributed by atoms with E-state index in [0.717, 1.165) is 44.4 Å². The molecule has 0 saturated carbocycles. The lowest BCUT2D eigenvalue weighted by Crippen LogP contribution is -1.96. The van der Waals surface area contributed by atoms with E-state index in [0.29, 0.717) is 10.0 Å². The van der Waals surface area contributed by atoms with Crippen LogP contribution in [0.15, 0.2) is 59.7 Å². The Morgan fingerprint density at radius 1 is 1.04 bits per heavy atom. The summed E-state index contributed by atoms with van der Waals surface area (Å²) in [7, 11) is 1.67. The molecule has 0 radical (unpaired) electrons. The lowest BCUT2D eigenvalue weighted by Gasteiger charge is -2.10. The molecule has 28 heavy (non-hydrogen) atoms. The zero-order valence-electron chi connectivity index (χ0n) is 15.3. The molecule has 0 atom stereocenters. The van der Waals surface area contributed by atoms with Gasteiger partial charge in [-0.25, -0.2) is 0 Å². The number of anilines is 1. The van der Waals surface area contributed by atoms with Crippen molar-refractivity contribution in [2.24, 2.45) is 5.10 Å². The van der Waals surface area contributed by atoms with E-state index in [4.69, 9.17) is 27.9 Å². The van der Waals surface area contributed by atoms with Gasteiger partial charge in [-0.2, -0.15) is 5.10 Å². The minimum Gasteiger partial charge on any atom is -0.496 e. The van der Waals surface area contributed by atoms with Gasteiger partial charge in [0.05, 0.1) is 29.6 Å². The van der Waals surface area contributed by atoms with E-state index in [1.165, 1.54) is 0 Å². The first kappa shape index (κ1) is 18.5. The molecule has 1 N–H and O–H groups in total. The molecular formula is C22H17Cl2N3O. The highest BCUT2D eigenvalue weighted by atomic mass is 35.5. The van der Waals surface area contributed by atoms with Gasteiger partial charge in [0.2, 0.25) is 0 Å². The van der Waals surface area contributed by atoms with Gasteiger partial charge in [-0.05, 0) is 42.6 Å². The van der Waals surface area contributed by atoms with Crippen LogP contribution in [0.4, 0.5) is 5.69 Å². The molecule has 0 amide bonds. The van der Waals surface area contributed by atoms with Crippen LogP contribution >= 0.6 is 23.2 Å². The molecule has 0 fully saturated rings. The smallest absolute Gasteiger partial charge is 0.126 e. The van der Waals surface area contributed by atoms with Gasteiger partial charge in [-0.1, -0.05) is 47.5 Å². The SMILES string of the molecule is COc1ccc(/C=N/Nc2cc(C)nc3cc(Cl)cc(Cl)c23)c2ccccc12. The first-order valence-corrected chi connectivity index (χ1v) is 9.43. The normalized spacial score (nSPS) is 11.4. The number of ether oxygens (including phenoxy) is 1. The van der Waals surface area contributed by atoms with Crippen LogP contribution in [0.3, 0.4) is 0 Å². The number of benzene rings is 3. The molecule has 0 aliphatic rings. The highest BCUT2D eigenvalue weighted by Gasteiger charge is 2.09. The number of aryl methyl sites for hydroxylation is 1. The maximum Gasteiger partial charge on any atom is 0.126 e. The predicted molar refractivity (Wildman–Crippen MR) is 118 cm³/mol. The number of rotatable bonds is 4. The number of hydrogen-bond acceptors (Lipinski definition) is 4. The molecule has 0 unspecified atom stereocenters. The summed E-state index contributed by atoms with van der Waals surface area (Å²) in [6.45, 7) is 1.92. The van der Waals surface area contributed by atoms with Gasteiger partial charge in [-0.15, -0.1) is 0 Å². The second kappa shape index (κ2) is 7.66. The Hall–Kier alpha value is -2.82. The molecule has 0 saturated heterocycles. The molecule has 1 aromatic heterocycles. The first-order valence-electron chi connectivity index (χ1n) is 8.68. The summed E-state index contributed by atoms with van der Waals surface area (Å²) >= 11 is 12.5. The Morgan fingerprint density at radius 3 is 2.61 bits per heavy atom. The average molecular weight is 410 g/mol. The van der Waals surface area contributed by atoms with Crippen LogP contribution in [0.5, 0.6) is 5.75 Å². The van der Waals surface area contributed by atoms with Crippen molar-refractivity contribution in [2.45, 2.75) is 6.92 Å². The molecule has 6 heteroatoms. The van der Waals surface area contributed by atoms with Crippen molar-refractivity contribution in [2.75, 3.05) is 12.5 Å². The van der Waals surface area contributed by atoms with Crippen molar-refractivity contribution in [3.05, 3.63) is 75.9 Å². The van der Waals surface area contributed by atoms with E-state index in [1.54, 1.807) is 25.5 Å². The number of pyridine rings is 1. The third-order valence-electron chi connectivity index (χ3n) is 4.48. The summed E-state index contributed by atoms with van der Waals surface area (Å²) < 4.78 is 5.45. The Bertz CT molecular complexity index is 1220. The number of hydrogen-bond donors (Lipinski definition) is 1. The van der Waals surface area contributed by atoms with Crippen LogP contribution in [0.2, 0.25) is 10.0 Å². The van der Waals surface area contributed by atoms with Crippen LogP contribution in [-0.2, 0) is 0 Å². The standard InChI is InChI=1S/C22H17Cl2N3O/c1-13-9-20(22-18(24)10-15(23)11-19(22)26-13)27-25-12-14-7-8-21(28-2)17-6-4-3-5-16(14)17/h3-12H,1-2H3,(H,26,27)/b25-12+. The third-order valence-corrected chi connectivity index (χ3v) is 5.00. The summed E-state index contributed by atoms with van der Waals surface area (Å²) in [5, 5.41) is 8.41. The zero-order chi connectivity index (χ0) is 19.7. The summed E-state index contributed by atoms with van der Waals surface area (Å²) in [6, 6.07) is 17.4. The van der Waals surface area contributed by atoms with E-state index in [2.05, 4.69) is 15.5 Å². The number of aromatic nitrogens is 1. The number of methoxy groups -OCH3 is 1. The molecule has 4 aromatic rings. The minimum absolute atomic E-state index is 0.530. The Kier molecular flexibility index (Phi) is 5.07. The van der Waals surface area contributed by atoms with Crippen LogP contribution in [0.1, 0.15) is 11.3 Å². The second-order valence-electron chi connectivity index (χ2n) is 6.37. The largest absolute Gasteiger partial charge is 0.496 e. The third kappa shape index (κ3) is 3.49. The summed E-state index contributed by atoms with van der Waals surface area (Å²) in [4.78, 5) is 4.51. The number of halogens is 2. The molecule has 4 rings (SSSR count). The fraction of sp³-hybridized carbons (Fsp3) is 0.0909. The molecule has 0 aliphatic heterocycles. The Balaban J connectivity index is 1.73. The van der Waals surface area contributed by atoms with Gasteiger partial charge in [0, 0.05) is 27.1 Å². The van der Waals surface area contributed by atoms with Crippen LogP contribution in [0, 0.1) is 6.92 Å². The van der Waals surface area contributed by atoms with Crippen molar-refractivity contribution in [1.29, 1.82) is 0 Å². The predicted octanol–water partition coefficient (Wildman–Crippen LogP) is 6.46. The van der Waals surface area contributed by atoms with Gasteiger partial charge < -0.3 is 4.74 Å². The van der Waals surface area contributed by atoms with E-state index >= 15 is 0 Å². The van der Waals surface area contributed by atoms with E-state index in [-0.39, 0.29) is 0 Å². The van der Waals surface area contributed by atoms with E-state index < -0.39 is 0 Å². The second-order valence-corrected chi connectivity index (χ2v) is 7.21. The summed E-state index contributed by atoms with van der Waals surface area (Å²) in [6.07, 6.45) is 1.78. The van der Waals surface area contributed by atoms with Gasteiger partial charge >= 0.3 is 0 Å². The van der Waals surface area contributed by atoms with Crippen LogP contribution in [-0.4, -0.2) is 18.3 Å². The summed E-state index contributed by atoms with van der Waals surface area (Å²) in [5.74, 6) is 0.833. The van der Waals surface area contributed by atoms with Gasteiger partial charge in [0.25, 0.3) is 0 Å². The van der Waals surface area contributed by atoms with Crippen molar-refractivity contribution in [1.82, 2.24) is 4.98 Å². The van der Waals surface area contributed by atoms with Crippen LogP contribution < -0.4 is 10.2 Å². The number of nitrogens with one attached hydrogen (secondary N) is 1. The van der Waals surface area contributed by atoms with Crippen molar-refractivity contribution < 1.29 is 4.74 Å². The summed E-state index contributed by atoms with van der Waals surface area (Å²) in [5.41, 5.74) is 6.43. The molecule has 1 heterocycles. The molecular weight excluding hydrogens is 393 g/mol. The number of fused-ring (bicyclic) bond motifs is 2. The molecule has 3 aromatic carbocycles. The lowest BCUT2D eigenvalue weighted by atomic mass is 10.0. The maximum atomic E-state index is 6.40. The van der Waals surface area contributed by atoms with Gasteiger partial charge in [-0.3, -0.25) is 10.4 Å². The fourth-order valence-electron chi connectivity index (χ4n) is 3.26. The molecule has 0 bridgehead atoms. The number of hydrazone groups is 1. The fourth-order valence-corrected chi connectivity index (χ4v) is 3.85. The van der Waals surface area contributed by atoms with Gasteiger partial charge in [0.15, 0.2) is 0 Å². The van der Waals surface area contributed by atoms with Gasteiger partial charge in [0.1, 0.15) is 5.75 Å². The lowest BCUT2D eigenvalue weighted by molar-refractivity contribution is 0.420. The van der Waals surface area contributed by atoms with Crippen molar-refractivity contribution in [3.8, 4) is 5.75 Å². The van der Waals surface area contributed by atoms with E-state index in [1.807, 2.05) is 49.4 Å². The molecule has 0 spiro atoms. The minimum atomic E-state index is 0.530. The highest BCUT2D eigenvalue weighted by molar-refractivity contribution is 6.39. The molecule has 4 nitrogen and oxygen atoms in total. The zero-order valence-corrected chi connectivity index (χ0v) is 16.8. The molecule has 0 aliphatic carbocycles. The van der Waals surface area contributed by atoms with Crippen molar-refractivity contribution in [3.63, 3.8) is 0 Å². The topological polar surface area (TPSA) is 46.5 Å². The first-order chi connectivity index (χ1) is 13.6. The Labute approximate surface area is 172 Å². The molecule has 140 valence electrons. The highest BCUT2D eigenvalue weighted by Crippen LogP contribution is 2.33. The monoisotopic (exact) mass is 409 g/mol. The number of nitrogens with zero attached hydrogens (tertiary/aromatic N) is 2. The van der Waals surface area contributed by atoms with E-state index in [9.17, 15) is 0 Å². The maximum absolute atomic E-state index is 6.40.